The third-order valence-electron chi connectivity index (χ3n) is 4.00. The fourth-order valence-corrected chi connectivity index (χ4v) is 3.51. The monoisotopic (exact) mass is 341 g/mol. The van der Waals surface area contributed by atoms with Gasteiger partial charge in [0.05, 0.1) is 12.1 Å². The first-order valence-electron chi connectivity index (χ1n) is 7.49. The van der Waals surface area contributed by atoms with Crippen molar-refractivity contribution in [2.24, 2.45) is 5.92 Å². The highest BCUT2D eigenvalue weighted by Gasteiger charge is 2.34. The fraction of sp³-hybridized carbons (Fsp3) is 0.733. The Morgan fingerprint density at radius 2 is 2.30 bits per heavy atom. The van der Waals surface area contributed by atoms with Crippen molar-refractivity contribution in [3.8, 4) is 0 Å². The molecule has 1 aromatic heterocycles. The molecule has 2 atom stereocenters. The van der Waals surface area contributed by atoms with E-state index in [1.165, 1.54) is 6.42 Å². The van der Waals surface area contributed by atoms with E-state index in [-0.39, 0.29) is 12.1 Å². The van der Waals surface area contributed by atoms with Crippen molar-refractivity contribution < 1.29 is 5.11 Å². The van der Waals surface area contributed by atoms with Crippen LogP contribution in [0.25, 0.3) is 0 Å². The van der Waals surface area contributed by atoms with Crippen LogP contribution in [0.5, 0.6) is 0 Å². The van der Waals surface area contributed by atoms with Gasteiger partial charge in [-0.1, -0.05) is 26.7 Å². The lowest BCUT2D eigenvalue weighted by atomic mass is 9.77. The molecule has 20 heavy (non-hydrogen) atoms. The molecule has 2 N–H and O–H groups in total. The Balaban J connectivity index is 2.18. The van der Waals surface area contributed by atoms with Gasteiger partial charge in [-0.15, -0.1) is 0 Å². The second-order valence-electron chi connectivity index (χ2n) is 6.01. The highest BCUT2D eigenvalue weighted by molar-refractivity contribution is 9.10. The van der Waals surface area contributed by atoms with E-state index >= 15 is 0 Å². The molecular weight excluding hydrogens is 318 g/mol. The van der Waals surface area contributed by atoms with E-state index in [9.17, 15) is 5.11 Å². The van der Waals surface area contributed by atoms with Crippen molar-refractivity contribution >= 4 is 21.7 Å². The lowest BCUT2D eigenvalue weighted by molar-refractivity contribution is 0.149. The van der Waals surface area contributed by atoms with Gasteiger partial charge in [0.15, 0.2) is 0 Å². The maximum Gasteiger partial charge on any atom is 0.132 e. The van der Waals surface area contributed by atoms with Gasteiger partial charge in [-0.25, -0.2) is 9.97 Å². The first kappa shape index (κ1) is 15.7. The number of hydrogen-bond acceptors (Lipinski definition) is 4. The molecule has 4 nitrogen and oxygen atoms in total. The van der Waals surface area contributed by atoms with Crippen molar-refractivity contribution in [2.75, 3.05) is 11.9 Å². The summed E-state index contributed by atoms with van der Waals surface area (Å²) in [4.78, 5) is 8.96. The van der Waals surface area contributed by atoms with Crippen molar-refractivity contribution in [1.82, 2.24) is 9.97 Å². The number of rotatable bonds is 5. The third-order valence-corrected chi connectivity index (χ3v) is 4.41. The summed E-state index contributed by atoms with van der Waals surface area (Å²) in [5, 5.41) is 13.3. The molecule has 0 radical (unpaired) electrons. The molecule has 1 heterocycles. The maximum absolute atomic E-state index is 9.84. The Morgan fingerprint density at radius 1 is 1.50 bits per heavy atom. The summed E-state index contributed by atoms with van der Waals surface area (Å²) in [7, 11) is 0. The fourth-order valence-electron chi connectivity index (χ4n) is 3.09. The number of aliphatic hydroxyl groups is 1. The SMILES string of the molecule is CCCc1nc(Br)cc(NC2(CO)CCCC(C)C2)n1. The molecule has 112 valence electrons. The lowest BCUT2D eigenvalue weighted by Crippen LogP contribution is -2.46. The highest BCUT2D eigenvalue weighted by Crippen LogP contribution is 2.34. The van der Waals surface area contributed by atoms with Crippen molar-refractivity contribution in [3.63, 3.8) is 0 Å². The molecule has 0 aromatic carbocycles. The van der Waals surface area contributed by atoms with Gasteiger partial charge >= 0.3 is 0 Å². The largest absolute Gasteiger partial charge is 0.394 e. The second-order valence-corrected chi connectivity index (χ2v) is 6.82. The molecule has 1 fully saturated rings. The first-order chi connectivity index (χ1) is 9.57. The van der Waals surface area contributed by atoms with E-state index in [4.69, 9.17) is 0 Å². The number of aliphatic hydroxyl groups excluding tert-OH is 1. The molecule has 1 saturated carbocycles. The number of aryl methyl sites for hydroxylation is 1. The zero-order chi connectivity index (χ0) is 14.6. The molecule has 0 aliphatic heterocycles. The summed E-state index contributed by atoms with van der Waals surface area (Å²) in [6.07, 6.45) is 6.29. The van der Waals surface area contributed by atoms with E-state index in [0.29, 0.717) is 5.92 Å². The zero-order valence-corrected chi connectivity index (χ0v) is 13.9. The molecule has 1 aliphatic carbocycles. The first-order valence-corrected chi connectivity index (χ1v) is 8.29. The average molecular weight is 342 g/mol. The average Bonchev–Trinajstić information content (AvgIpc) is 2.38. The van der Waals surface area contributed by atoms with Crippen LogP contribution in [0.3, 0.4) is 0 Å². The predicted molar refractivity (Wildman–Crippen MR) is 84.8 cm³/mol. The molecule has 1 aromatic rings. The molecule has 5 heteroatoms. The number of nitrogens with one attached hydrogen (secondary N) is 1. The van der Waals surface area contributed by atoms with Gasteiger partial charge in [0.25, 0.3) is 0 Å². The minimum atomic E-state index is -0.227. The Bertz CT molecular complexity index is 455. The topological polar surface area (TPSA) is 58.0 Å². The van der Waals surface area contributed by atoms with Gasteiger partial charge in [0.2, 0.25) is 0 Å². The van der Waals surface area contributed by atoms with E-state index in [0.717, 1.165) is 48.3 Å². The molecule has 2 rings (SSSR count). The van der Waals surface area contributed by atoms with Crippen LogP contribution in [-0.4, -0.2) is 27.2 Å². The van der Waals surface area contributed by atoms with Crippen LogP contribution in [0.1, 0.15) is 51.8 Å². The Labute approximate surface area is 129 Å². The molecule has 2 unspecified atom stereocenters. The number of nitrogens with zero attached hydrogens (tertiary/aromatic N) is 2. The summed E-state index contributed by atoms with van der Waals surface area (Å²) >= 11 is 3.45. The molecule has 0 spiro atoms. The highest BCUT2D eigenvalue weighted by atomic mass is 79.9. The smallest absolute Gasteiger partial charge is 0.132 e. The molecular formula is C15H24BrN3O. The van der Waals surface area contributed by atoms with Gasteiger partial charge < -0.3 is 10.4 Å². The van der Waals surface area contributed by atoms with Crippen molar-refractivity contribution in [2.45, 2.75) is 57.9 Å². The summed E-state index contributed by atoms with van der Waals surface area (Å²) < 4.78 is 0.801. The normalized spacial score (nSPS) is 26.5. The van der Waals surface area contributed by atoms with E-state index < -0.39 is 0 Å². The molecule has 0 bridgehead atoms. The van der Waals surface area contributed by atoms with Crippen LogP contribution < -0.4 is 5.32 Å². The number of aromatic nitrogens is 2. The van der Waals surface area contributed by atoms with E-state index in [1.807, 2.05) is 6.07 Å². The van der Waals surface area contributed by atoms with Gasteiger partial charge in [-0.2, -0.15) is 0 Å². The maximum atomic E-state index is 9.84. The Morgan fingerprint density at radius 3 is 2.95 bits per heavy atom. The standard InChI is InChI=1S/C15H24BrN3O/c1-3-5-13-17-12(16)8-14(18-13)19-15(10-20)7-4-6-11(2)9-15/h8,11,20H,3-7,9-10H2,1-2H3,(H,17,18,19). The van der Waals surface area contributed by atoms with E-state index in [2.05, 4.69) is 45.1 Å². The summed E-state index contributed by atoms with van der Waals surface area (Å²) in [5.41, 5.74) is -0.227. The minimum absolute atomic E-state index is 0.155. The van der Waals surface area contributed by atoms with Gasteiger partial charge in [-0.05, 0) is 41.1 Å². The summed E-state index contributed by atoms with van der Waals surface area (Å²) in [6, 6.07) is 1.90. The van der Waals surface area contributed by atoms with Crippen LogP contribution in [0.4, 0.5) is 5.82 Å². The van der Waals surface area contributed by atoms with Crippen molar-refractivity contribution in [3.05, 3.63) is 16.5 Å². The van der Waals surface area contributed by atoms with Crippen LogP contribution in [-0.2, 0) is 6.42 Å². The molecule has 0 amide bonds. The zero-order valence-electron chi connectivity index (χ0n) is 12.3. The van der Waals surface area contributed by atoms with Crippen LogP contribution in [0, 0.1) is 5.92 Å². The van der Waals surface area contributed by atoms with E-state index in [1.54, 1.807) is 0 Å². The lowest BCUT2D eigenvalue weighted by Gasteiger charge is -2.39. The Hall–Kier alpha value is -0.680. The van der Waals surface area contributed by atoms with Crippen LogP contribution in [0.15, 0.2) is 10.7 Å². The second kappa shape index (κ2) is 6.85. The summed E-state index contributed by atoms with van der Waals surface area (Å²) in [6.45, 7) is 4.53. The number of halogens is 1. The van der Waals surface area contributed by atoms with Crippen LogP contribution in [0.2, 0.25) is 0 Å². The number of hydrogen-bond donors (Lipinski definition) is 2. The molecule has 1 aliphatic rings. The quantitative estimate of drug-likeness (QED) is 0.804. The van der Waals surface area contributed by atoms with Gasteiger partial charge in [-0.3, -0.25) is 0 Å². The number of anilines is 1. The summed E-state index contributed by atoms with van der Waals surface area (Å²) in [5.74, 6) is 2.31. The van der Waals surface area contributed by atoms with Gasteiger partial charge in [0, 0.05) is 12.5 Å². The minimum Gasteiger partial charge on any atom is -0.394 e. The van der Waals surface area contributed by atoms with Crippen molar-refractivity contribution in [1.29, 1.82) is 0 Å². The molecule has 0 saturated heterocycles. The van der Waals surface area contributed by atoms with Gasteiger partial charge in [0.1, 0.15) is 16.2 Å². The Kier molecular flexibility index (Phi) is 5.38. The third kappa shape index (κ3) is 3.92. The van der Waals surface area contributed by atoms with Crippen LogP contribution >= 0.6 is 15.9 Å². The predicted octanol–water partition coefficient (Wildman–Crippen LogP) is 3.54.